The molecule has 0 unspecified atom stereocenters. The summed E-state index contributed by atoms with van der Waals surface area (Å²) in [6, 6.07) is 2.86. The third-order valence-electron chi connectivity index (χ3n) is 4.75. The number of nitriles is 1. The molecule has 3 N–H and O–H groups in total. The molecule has 0 spiro atoms. The van der Waals surface area contributed by atoms with Crippen molar-refractivity contribution in [2.75, 3.05) is 24.2 Å². The number of hydrogen-bond acceptors (Lipinski definition) is 6. The molecule has 1 aromatic rings. The predicted octanol–water partition coefficient (Wildman–Crippen LogP) is 4.37. The molecule has 1 heterocycles. The Morgan fingerprint density at radius 2 is 2.10 bits per heavy atom. The molecular formula is C20H31FN6OS. The van der Waals surface area contributed by atoms with Crippen molar-refractivity contribution in [3.05, 3.63) is 24.3 Å². The molecule has 0 radical (unpaired) electrons. The minimum absolute atomic E-state index is 0.313. The van der Waals surface area contributed by atoms with Gasteiger partial charge in [0.25, 0.3) is 0 Å². The van der Waals surface area contributed by atoms with E-state index >= 15 is 0 Å². The first-order valence-electron chi connectivity index (χ1n) is 10.3. The molecule has 160 valence electrons. The van der Waals surface area contributed by atoms with E-state index in [1.54, 1.807) is 18.0 Å². The number of rotatable bonds is 12. The number of halogens is 1. The second-order valence-corrected chi connectivity index (χ2v) is 7.98. The topological polar surface area (TPSA) is 94.4 Å². The molecule has 9 heteroatoms. The van der Waals surface area contributed by atoms with E-state index in [0.29, 0.717) is 18.2 Å². The molecule has 0 atom stereocenters. The molecule has 1 saturated carbocycles. The molecule has 2 rings (SSSR count). The zero-order valence-electron chi connectivity index (χ0n) is 16.8. The van der Waals surface area contributed by atoms with Gasteiger partial charge in [-0.25, -0.2) is 4.98 Å². The molecule has 1 aromatic heterocycles. The molecule has 0 amide bonds. The summed E-state index contributed by atoms with van der Waals surface area (Å²) < 4.78 is 13.1. The van der Waals surface area contributed by atoms with E-state index in [2.05, 4.69) is 25.5 Å². The van der Waals surface area contributed by atoms with Gasteiger partial charge in [-0.1, -0.05) is 44.1 Å². The van der Waals surface area contributed by atoms with Crippen molar-refractivity contribution in [1.82, 2.24) is 15.2 Å². The maximum absolute atomic E-state index is 13.1. The number of aliphatic imine (C=N–C) groups is 1. The highest BCUT2D eigenvalue weighted by Gasteiger charge is 2.13. The lowest BCUT2D eigenvalue weighted by Gasteiger charge is -2.20. The van der Waals surface area contributed by atoms with Crippen molar-refractivity contribution in [1.29, 1.82) is 5.26 Å². The van der Waals surface area contributed by atoms with Crippen LogP contribution in [0.3, 0.4) is 0 Å². The second-order valence-electron chi connectivity index (χ2n) is 7.12. The second kappa shape index (κ2) is 15.0. The van der Waals surface area contributed by atoms with Crippen molar-refractivity contribution in [3.8, 4) is 6.19 Å². The van der Waals surface area contributed by atoms with Gasteiger partial charge in [-0.05, 0) is 37.7 Å². The first-order valence-corrected chi connectivity index (χ1v) is 11.3. The highest BCUT2D eigenvalue weighted by molar-refractivity contribution is 7.97. The number of anilines is 1. The Balaban J connectivity index is 1.47. The molecule has 0 aromatic carbocycles. The molecule has 29 heavy (non-hydrogen) atoms. The Kier molecular flexibility index (Phi) is 12.1. The number of unbranched alkanes of at least 4 members (excludes halogenated alkanes) is 3. The third kappa shape index (κ3) is 11.0. The van der Waals surface area contributed by atoms with Crippen molar-refractivity contribution in [3.63, 3.8) is 0 Å². The number of nitrogens with zero attached hydrogens (tertiary/aromatic N) is 3. The summed E-state index contributed by atoms with van der Waals surface area (Å²) in [7, 11) is 0. The summed E-state index contributed by atoms with van der Waals surface area (Å²) in [5.41, 5.74) is 0.495. The summed E-state index contributed by atoms with van der Waals surface area (Å²) in [5, 5.41) is 14.2. The van der Waals surface area contributed by atoms with Gasteiger partial charge in [0, 0.05) is 30.2 Å². The fourth-order valence-electron chi connectivity index (χ4n) is 3.20. The molecule has 0 bridgehead atoms. The number of pyridine rings is 1. The first kappa shape index (κ1) is 23.4. The summed E-state index contributed by atoms with van der Waals surface area (Å²) in [5.74, 6) is 1.47. The van der Waals surface area contributed by atoms with E-state index in [1.807, 2.05) is 6.19 Å². The monoisotopic (exact) mass is 422 g/mol. The van der Waals surface area contributed by atoms with Crippen LogP contribution in [0.1, 0.15) is 57.8 Å². The van der Waals surface area contributed by atoms with Crippen molar-refractivity contribution in [2.24, 2.45) is 10.9 Å². The van der Waals surface area contributed by atoms with Gasteiger partial charge >= 0.3 is 0 Å². The van der Waals surface area contributed by atoms with Crippen LogP contribution in [-0.2, 0) is 4.84 Å². The maximum atomic E-state index is 13.1. The van der Waals surface area contributed by atoms with Crippen molar-refractivity contribution < 1.29 is 9.23 Å². The van der Waals surface area contributed by atoms with Crippen LogP contribution in [0, 0.1) is 23.3 Å². The van der Waals surface area contributed by atoms with Gasteiger partial charge in [0.15, 0.2) is 6.19 Å². The summed E-state index contributed by atoms with van der Waals surface area (Å²) in [4.78, 5) is 16.4. The Labute approximate surface area is 177 Å². The van der Waals surface area contributed by atoms with Crippen LogP contribution in [0.2, 0.25) is 0 Å². The zero-order valence-corrected chi connectivity index (χ0v) is 17.6. The number of nitrogens with one attached hydrogen (secondary N) is 3. The lowest BCUT2D eigenvalue weighted by molar-refractivity contribution is 0.0577. The van der Waals surface area contributed by atoms with Gasteiger partial charge in [0.05, 0.1) is 6.61 Å². The van der Waals surface area contributed by atoms with Gasteiger partial charge in [0.1, 0.15) is 0 Å². The SMILES string of the molecule is N#CNC(=NCCCCCCSNOCC1CCCCC1)Nc1ccnc(F)c1. The predicted molar refractivity (Wildman–Crippen MR) is 115 cm³/mol. The normalized spacial score (nSPS) is 15.1. The van der Waals surface area contributed by atoms with Crippen LogP contribution >= 0.6 is 11.9 Å². The molecule has 0 saturated heterocycles. The zero-order chi connectivity index (χ0) is 20.6. The van der Waals surface area contributed by atoms with E-state index in [1.165, 1.54) is 44.4 Å². The fourth-order valence-corrected chi connectivity index (χ4v) is 3.78. The minimum atomic E-state index is -0.585. The van der Waals surface area contributed by atoms with Gasteiger partial charge in [0.2, 0.25) is 11.9 Å². The van der Waals surface area contributed by atoms with Gasteiger partial charge in [-0.3, -0.25) is 15.1 Å². The van der Waals surface area contributed by atoms with E-state index < -0.39 is 5.95 Å². The number of guanidine groups is 1. The van der Waals surface area contributed by atoms with Crippen LogP contribution in [0.4, 0.5) is 10.1 Å². The van der Waals surface area contributed by atoms with E-state index in [9.17, 15) is 4.39 Å². The lowest BCUT2D eigenvalue weighted by Crippen LogP contribution is -2.27. The van der Waals surface area contributed by atoms with Crippen LogP contribution in [0.25, 0.3) is 0 Å². The molecule has 1 aliphatic rings. The Hall–Kier alpha value is -1.89. The summed E-state index contributed by atoms with van der Waals surface area (Å²) >= 11 is 1.63. The Morgan fingerprint density at radius 3 is 2.90 bits per heavy atom. The minimum Gasteiger partial charge on any atom is -0.325 e. The quantitative estimate of drug-likeness (QED) is 0.0673. The molecule has 7 nitrogen and oxygen atoms in total. The van der Waals surface area contributed by atoms with Crippen molar-refractivity contribution in [2.45, 2.75) is 57.8 Å². The molecular weight excluding hydrogens is 391 g/mol. The van der Waals surface area contributed by atoms with Gasteiger partial charge in [-0.2, -0.15) is 9.65 Å². The van der Waals surface area contributed by atoms with E-state index in [0.717, 1.165) is 44.0 Å². The van der Waals surface area contributed by atoms with E-state index in [-0.39, 0.29) is 0 Å². The molecule has 0 aliphatic heterocycles. The Bertz CT molecular complexity index is 648. The highest BCUT2D eigenvalue weighted by atomic mass is 32.2. The smallest absolute Gasteiger partial charge is 0.214 e. The highest BCUT2D eigenvalue weighted by Crippen LogP contribution is 2.23. The maximum Gasteiger partial charge on any atom is 0.214 e. The fraction of sp³-hybridized carbons (Fsp3) is 0.650. The third-order valence-corrected chi connectivity index (χ3v) is 5.48. The van der Waals surface area contributed by atoms with Crippen LogP contribution < -0.4 is 15.5 Å². The summed E-state index contributed by atoms with van der Waals surface area (Å²) in [6.07, 6.45) is 14.1. The number of hydrogen-bond donors (Lipinski definition) is 3. The van der Waals surface area contributed by atoms with Gasteiger partial charge < -0.3 is 5.32 Å². The van der Waals surface area contributed by atoms with Crippen LogP contribution in [0.5, 0.6) is 0 Å². The molecule has 1 fully saturated rings. The lowest BCUT2D eigenvalue weighted by atomic mass is 9.90. The average molecular weight is 423 g/mol. The van der Waals surface area contributed by atoms with E-state index in [4.69, 9.17) is 10.1 Å². The van der Waals surface area contributed by atoms with Crippen LogP contribution in [-0.4, -0.2) is 29.8 Å². The number of aromatic nitrogens is 1. The van der Waals surface area contributed by atoms with Gasteiger partial charge in [-0.15, -0.1) is 4.89 Å². The average Bonchev–Trinajstić information content (AvgIpc) is 2.73. The van der Waals surface area contributed by atoms with Crippen LogP contribution in [0.15, 0.2) is 23.3 Å². The first-order chi connectivity index (χ1) is 14.3. The summed E-state index contributed by atoms with van der Waals surface area (Å²) in [6.45, 7) is 1.42. The largest absolute Gasteiger partial charge is 0.325 e. The Morgan fingerprint density at radius 1 is 1.28 bits per heavy atom. The van der Waals surface area contributed by atoms with Crippen molar-refractivity contribution >= 4 is 23.6 Å². The molecule has 1 aliphatic carbocycles. The standard InChI is InChI=1S/C20H31FN6OS/c21-19-14-18(10-12-23-19)26-20(25-16-22)24-11-6-1-2-7-13-29-27-28-15-17-8-4-3-5-9-17/h10,12,14,17,27H,1-9,11,13,15H2,(H2,23,24,25,26).